The van der Waals surface area contributed by atoms with Crippen molar-refractivity contribution >= 4 is 17.5 Å². The van der Waals surface area contributed by atoms with E-state index in [4.69, 9.17) is 16.3 Å². The molecule has 1 aliphatic rings. The van der Waals surface area contributed by atoms with Crippen molar-refractivity contribution < 1.29 is 9.53 Å². The quantitative estimate of drug-likeness (QED) is 0.703. The maximum Gasteiger partial charge on any atom is 0.272 e. The smallest absolute Gasteiger partial charge is 0.272 e. The zero-order valence-corrected chi connectivity index (χ0v) is 16.8. The summed E-state index contributed by atoms with van der Waals surface area (Å²) in [4.78, 5) is 12.8. The molecule has 0 fully saturated rings. The average Bonchev–Trinajstić information content (AvgIpc) is 3.28. The molecule has 1 aromatic carbocycles. The molecule has 28 heavy (non-hydrogen) atoms. The fourth-order valence-electron chi connectivity index (χ4n) is 3.61. The molecule has 1 atom stereocenters. The number of amides is 1. The molecule has 4 rings (SSSR count). The number of nitrogens with one attached hydrogen (secondary N) is 2. The van der Waals surface area contributed by atoms with E-state index in [-0.39, 0.29) is 11.9 Å². The highest BCUT2D eigenvalue weighted by atomic mass is 35.5. The summed E-state index contributed by atoms with van der Waals surface area (Å²) in [5.41, 5.74) is 5.87. The predicted molar refractivity (Wildman–Crippen MR) is 106 cm³/mol. The molecule has 146 valence electrons. The van der Waals surface area contributed by atoms with Crippen LogP contribution >= 0.6 is 11.6 Å². The lowest BCUT2D eigenvalue weighted by molar-refractivity contribution is 0.0684. The Morgan fingerprint density at radius 2 is 2.25 bits per heavy atom. The topological polar surface area (TPSA) is 84.8 Å². The van der Waals surface area contributed by atoms with Gasteiger partial charge in [-0.15, -0.1) is 0 Å². The molecular weight excluding hydrogens is 378 g/mol. The van der Waals surface area contributed by atoms with E-state index >= 15 is 0 Å². The van der Waals surface area contributed by atoms with Crippen molar-refractivity contribution in [3.8, 4) is 5.69 Å². The van der Waals surface area contributed by atoms with Gasteiger partial charge >= 0.3 is 0 Å². The Morgan fingerprint density at radius 3 is 3.04 bits per heavy atom. The normalized spacial score (nSPS) is 16.1. The second-order valence-corrected chi connectivity index (χ2v) is 7.31. The van der Waals surface area contributed by atoms with Crippen LogP contribution in [0.2, 0.25) is 5.02 Å². The van der Waals surface area contributed by atoms with Gasteiger partial charge in [0.05, 0.1) is 41.9 Å². The van der Waals surface area contributed by atoms with Crippen LogP contribution in [0.5, 0.6) is 0 Å². The number of hydrogen-bond acceptors (Lipinski definition) is 4. The zero-order chi connectivity index (χ0) is 19.8. The number of benzene rings is 1. The van der Waals surface area contributed by atoms with Crippen molar-refractivity contribution in [2.45, 2.75) is 39.8 Å². The molecule has 2 N–H and O–H groups in total. The number of aryl methyl sites for hydroxylation is 2. The second-order valence-electron chi connectivity index (χ2n) is 6.94. The molecule has 0 saturated heterocycles. The minimum atomic E-state index is -0.296. The summed E-state index contributed by atoms with van der Waals surface area (Å²) >= 11 is 6.48. The second kappa shape index (κ2) is 7.41. The van der Waals surface area contributed by atoms with Crippen LogP contribution in [-0.2, 0) is 17.8 Å². The van der Waals surface area contributed by atoms with Crippen molar-refractivity contribution in [2.75, 3.05) is 6.61 Å². The number of aromatic amines is 1. The number of aromatic nitrogens is 4. The number of rotatable bonds is 4. The van der Waals surface area contributed by atoms with Gasteiger partial charge in [-0.3, -0.25) is 9.89 Å². The van der Waals surface area contributed by atoms with Crippen molar-refractivity contribution in [3.63, 3.8) is 0 Å². The highest BCUT2D eigenvalue weighted by Crippen LogP contribution is 2.30. The van der Waals surface area contributed by atoms with E-state index in [1.165, 1.54) is 0 Å². The molecule has 2 aromatic heterocycles. The van der Waals surface area contributed by atoms with Gasteiger partial charge in [0, 0.05) is 16.8 Å². The molecule has 0 bridgehead atoms. The van der Waals surface area contributed by atoms with Gasteiger partial charge in [0.2, 0.25) is 0 Å². The van der Waals surface area contributed by atoms with Gasteiger partial charge in [-0.1, -0.05) is 30.7 Å². The SMILES string of the molecule is CCc1c(C(=O)N[C@H]2COCc3c2cnn3-c2cccc(C)c2Cl)n[nH]c1C. The standard InChI is InChI=1S/C20H22ClN5O2/c1-4-13-12(3)24-25-19(13)20(27)23-15-9-28-10-17-14(15)8-22-26(17)16-7-5-6-11(2)18(16)21/h5-8,15H,4,9-10H2,1-3H3,(H,23,27)(H,24,25)/t15-/m0/s1. The summed E-state index contributed by atoms with van der Waals surface area (Å²) in [6.07, 6.45) is 2.51. The molecule has 1 aliphatic heterocycles. The summed E-state index contributed by atoms with van der Waals surface area (Å²) in [6, 6.07) is 5.53. The van der Waals surface area contributed by atoms with Gasteiger partial charge in [0.25, 0.3) is 5.91 Å². The van der Waals surface area contributed by atoms with Gasteiger partial charge in [0.15, 0.2) is 5.69 Å². The molecule has 7 nitrogen and oxygen atoms in total. The molecule has 0 unspecified atom stereocenters. The molecular formula is C20H22ClN5O2. The van der Waals surface area contributed by atoms with E-state index in [2.05, 4.69) is 20.6 Å². The maximum atomic E-state index is 12.8. The number of carbonyl (C=O) groups excluding carboxylic acids is 1. The van der Waals surface area contributed by atoms with Crippen LogP contribution in [0.1, 0.15) is 51.5 Å². The van der Waals surface area contributed by atoms with Gasteiger partial charge in [-0.25, -0.2) is 4.68 Å². The minimum absolute atomic E-state index is 0.219. The molecule has 1 amide bonds. The third-order valence-corrected chi connectivity index (χ3v) is 5.64. The van der Waals surface area contributed by atoms with Crippen molar-refractivity contribution in [3.05, 3.63) is 63.2 Å². The van der Waals surface area contributed by atoms with Crippen molar-refractivity contribution in [1.82, 2.24) is 25.3 Å². The molecule has 8 heteroatoms. The molecule has 3 aromatic rings. The Hall–Kier alpha value is -2.64. The summed E-state index contributed by atoms with van der Waals surface area (Å²) in [6.45, 7) is 6.68. The Bertz CT molecular complexity index is 1040. The molecule has 0 radical (unpaired) electrons. The van der Waals surface area contributed by atoms with E-state index in [1.54, 1.807) is 10.9 Å². The third-order valence-electron chi connectivity index (χ3n) is 5.15. The third kappa shape index (κ3) is 3.10. The van der Waals surface area contributed by atoms with Crippen LogP contribution in [-0.4, -0.2) is 32.5 Å². The van der Waals surface area contributed by atoms with Gasteiger partial charge in [0.1, 0.15) is 0 Å². The highest BCUT2D eigenvalue weighted by Gasteiger charge is 2.29. The fourth-order valence-corrected chi connectivity index (χ4v) is 3.81. The number of fused-ring (bicyclic) bond motifs is 1. The lowest BCUT2D eigenvalue weighted by Gasteiger charge is -2.24. The first-order valence-electron chi connectivity index (χ1n) is 9.26. The average molecular weight is 400 g/mol. The van der Waals surface area contributed by atoms with Crippen LogP contribution < -0.4 is 5.32 Å². The van der Waals surface area contributed by atoms with Crippen molar-refractivity contribution in [1.29, 1.82) is 0 Å². The number of ether oxygens (including phenoxy) is 1. The van der Waals surface area contributed by atoms with Gasteiger partial charge in [-0.2, -0.15) is 10.2 Å². The van der Waals surface area contributed by atoms with Gasteiger partial charge in [-0.05, 0) is 31.9 Å². The largest absolute Gasteiger partial charge is 0.373 e. The van der Waals surface area contributed by atoms with E-state index in [9.17, 15) is 4.79 Å². The maximum absolute atomic E-state index is 12.8. The fraction of sp³-hybridized carbons (Fsp3) is 0.350. The minimum Gasteiger partial charge on any atom is -0.373 e. The highest BCUT2D eigenvalue weighted by molar-refractivity contribution is 6.33. The lowest BCUT2D eigenvalue weighted by atomic mass is 10.1. The summed E-state index contributed by atoms with van der Waals surface area (Å²) in [5, 5.41) is 15.3. The number of hydrogen-bond donors (Lipinski definition) is 2. The predicted octanol–water partition coefficient (Wildman–Crippen LogP) is 3.43. The molecule has 0 aliphatic carbocycles. The summed E-state index contributed by atoms with van der Waals surface area (Å²) < 4.78 is 7.54. The van der Waals surface area contributed by atoms with Gasteiger partial charge < -0.3 is 10.1 Å². The number of H-pyrrole nitrogens is 1. The molecule has 3 heterocycles. The zero-order valence-electron chi connectivity index (χ0n) is 16.0. The first-order chi connectivity index (χ1) is 13.5. The first-order valence-corrected chi connectivity index (χ1v) is 9.63. The van der Waals surface area contributed by atoms with Crippen molar-refractivity contribution in [2.24, 2.45) is 0 Å². The van der Waals surface area contributed by atoms with Crippen LogP contribution in [0, 0.1) is 13.8 Å². The first kappa shape index (κ1) is 18.7. The van der Waals surface area contributed by atoms with Crippen LogP contribution in [0.25, 0.3) is 5.69 Å². The monoisotopic (exact) mass is 399 g/mol. The Labute approximate surface area is 168 Å². The van der Waals surface area contributed by atoms with E-state index in [1.807, 2.05) is 39.0 Å². The molecule has 0 saturated carbocycles. The van der Waals surface area contributed by atoms with E-state index in [0.717, 1.165) is 40.2 Å². The molecule has 0 spiro atoms. The number of nitrogens with zero attached hydrogens (tertiary/aromatic N) is 3. The summed E-state index contributed by atoms with van der Waals surface area (Å²) in [7, 11) is 0. The van der Waals surface area contributed by atoms with E-state index < -0.39 is 0 Å². The van der Waals surface area contributed by atoms with Crippen LogP contribution in [0.15, 0.2) is 24.4 Å². The number of halogens is 1. The van der Waals surface area contributed by atoms with Crippen LogP contribution in [0.3, 0.4) is 0 Å². The van der Waals surface area contributed by atoms with Crippen LogP contribution in [0.4, 0.5) is 0 Å². The lowest BCUT2D eigenvalue weighted by Crippen LogP contribution is -2.35. The Kier molecular flexibility index (Phi) is 4.95. The van der Waals surface area contributed by atoms with E-state index in [0.29, 0.717) is 23.9 Å². The Morgan fingerprint density at radius 1 is 1.43 bits per heavy atom. The summed E-state index contributed by atoms with van der Waals surface area (Å²) in [5.74, 6) is -0.219. The number of carbonyl (C=O) groups is 1. The Balaban J connectivity index is 1.64.